The molecule has 100 valence electrons. The van der Waals surface area contributed by atoms with E-state index in [9.17, 15) is 9.90 Å². The number of aliphatic hydroxyl groups is 1. The summed E-state index contributed by atoms with van der Waals surface area (Å²) >= 11 is 0. The van der Waals surface area contributed by atoms with Gasteiger partial charge in [0.25, 0.3) is 0 Å². The Bertz CT molecular complexity index is 418. The molecule has 0 aliphatic heterocycles. The maximum Gasteiger partial charge on any atom is 0.159 e. The molecular weight excluding hydrogens is 250 g/mol. The van der Waals surface area contributed by atoms with Crippen LogP contribution >= 0.6 is 12.4 Å². The second-order valence-corrected chi connectivity index (χ2v) is 5.14. The van der Waals surface area contributed by atoms with Crippen molar-refractivity contribution in [3.63, 3.8) is 0 Å². The van der Waals surface area contributed by atoms with Gasteiger partial charge in [0.15, 0.2) is 5.78 Å². The quantitative estimate of drug-likeness (QED) is 0.828. The molecule has 2 rings (SSSR count). The smallest absolute Gasteiger partial charge is 0.159 e. The van der Waals surface area contributed by atoms with Gasteiger partial charge in [-0.2, -0.15) is 0 Å². The summed E-state index contributed by atoms with van der Waals surface area (Å²) in [5.74, 6) is 0.500. The van der Waals surface area contributed by atoms with Crippen LogP contribution < -0.4 is 5.73 Å². The average molecular weight is 270 g/mol. The first-order chi connectivity index (χ1) is 8.04. The van der Waals surface area contributed by atoms with Crippen LogP contribution in [-0.2, 0) is 0 Å². The third-order valence-corrected chi connectivity index (χ3v) is 3.75. The molecule has 0 bridgehead atoms. The van der Waals surface area contributed by atoms with Crippen LogP contribution in [0.5, 0.6) is 0 Å². The summed E-state index contributed by atoms with van der Waals surface area (Å²) in [5.41, 5.74) is 7.61. The van der Waals surface area contributed by atoms with Crippen molar-refractivity contribution in [2.45, 2.75) is 37.6 Å². The van der Waals surface area contributed by atoms with E-state index < -0.39 is 5.54 Å². The Labute approximate surface area is 114 Å². The summed E-state index contributed by atoms with van der Waals surface area (Å²) in [6.45, 7) is 1.62. The Morgan fingerprint density at radius 3 is 2.50 bits per heavy atom. The van der Waals surface area contributed by atoms with Crippen LogP contribution in [0.25, 0.3) is 0 Å². The van der Waals surface area contributed by atoms with E-state index in [4.69, 9.17) is 5.73 Å². The second-order valence-electron chi connectivity index (χ2n) is 5.14. The van der Waals surface area contributed by atoms with Crippen molar-refractivity contribution in [2.75, 3.05) is 6.61 Å². The van der Waals surface area contributed by atoms with Crippen molar-refractivity contribution in [3.8, 4) is 0 Å². The first-order valence-electron chi connectivity index (χ1n) is 6.05. The molecule has 0 heterocycles. The van der Waals surface area contributed by atoms with Gasteiger partial charge in [0.05, 0.1) is 6.61 Å². The fraction of sp³-hybridized carbons (Fsp3) is 0.500. The number of halogens is 1. The van der Waals surface area contributed by atoms with Crippen LogP contribution in [0.15, 0.2) is 24.3 Å². The summed E-state index contributed by atoms with van der Waals surface area (Å²) < 4.78 is 0. The average Bonchev–Trinajstić information content (AvgIpc) is 2.73. The van der Waals surface area contributed by atoms with Gasteiger partial charge in [0.2, 0.25) is 0 Å². The van der Waals surface area contributed by atoms with Crippen molar-refractivity contribution in [1.29, 1.82) is 0 Å². The predicted molar refractivity (Wildman–Crippen MR) is 74.3 cm³/mol. The molecule has 0 saturated heterocycles. The Kier molecular flexibility index (Phi) is 4.91. The molecule has 3 N–H and O–H groups in total. The summed E-state index contributed by atoms with van der Waals surface area (Å²) in [6, 6.07) is 7.75. The van der Waals surface area contributed by atoms with E-state index in [0.29, 0.717) is 5.92 Å². The molecule has 2 atom stereocenters. The molecule has 0 aromatic heterocycles. The van der Waals surface area contributed by atoms with E-state index >= 15 is 0 Å². The van der Waals surface area contributed by atoms with Gasteiger partial charge in [-0.05, 0) is 37.7 Å². The molecule has 1 aromatic carbocycles. The standard InChI is InChI=1S/C14H19NO2.ClH/c1-10(17)11-2-4-12(5-3-11)13-6-7-14(15,8-13)9-16;/h2-5,13,16H,6-9,15H2,1H3;1H/t13-,14+;/m0./s1. The monoisotopic (exact) mass is 269 g/mol. The number of hydrogen-bond acceptors (Lipinski definition) is 3. The molecule has 1 aromatic rings. The summed E-state index contributed by atoms with van der Waals surface area (Å²) in [6.07, 6.45) is 2.70. The first-order valence-corrected chi connectivity index (χ1v) is 6.05. The lowest BCUT2D eigenvalue weighted by Crippen LogP contribution is -2.40. The van der Waals surface area contributed by atoms with Crippen LogP contribution in [0, 0.1) is 0 Å². The maximum absolute atomic E-state index is 11.2. The lowest BCUT2D eigenvalue weighted by Gasteiger charge is -2.20. The van der Waals surface area contributed by atoms with E-state index in [0.717, 1.165) is 24.8 Å². The molecular formula is C14H20ClNO2. The van der Waals surface area contributed by atoms with Gasteiger partial charge < -0.3 is 10.8 Å². The molecule has 0 unspecified atom stereocenters. The molecule has 0 amide bonds. The third kappa shape index (κ3) is 3.10. The third-order valence-electron chi connectivity index (χ3n) is 3.75. The topological polar surface area (TPSA) is 63.3 Å². The summed E-state index contributed by atoms with van der Waals surface area (Å²) in [5, 5.41) is 9.24. The highest BCUT2D eigenvalue weighted by molar-refractivity contribution is 5.94. The highest BCUT2D eigenvalue weighted by Crippen LogP contribution is 2.39. The molecule has 0 spiro atoms. The van der Waals surface area contributed by atoms with E-state index in [-0.39, 0.29) is 24.8 Å². The summed E-state index contributed by atoms with van der Waals surface area (Å²) in [4.78, 5) is 11.2. The first kappa shape index (κ1) is 15.2. The van der Waals surface area contributed by atoms with Crippen molar-refractivity contribution in [1.82, 2.24) is 0 Å². The minimum atomic E-state index is -0.413. The lowest BCUT2D eigenvalue weighted by molar-refractivity contribution is 0.101. The number of benzene rings is 1. The Balaban J connectivity index is 0.00000162. The SMILES string of the molecule is CC(=O)c1ccc([C@H]2CC[C@](N)(CO)C2)cc1.Cl. The van der Waals surface area contributed by atoms with Crippen molar-refractivity contribution < 1.29 is 9.90 Å². The van der Waals surface area contributed by atoms with Gasteiger partial charge in [-0.1, -0.05) is 24.3 Å². The number of Topliss-reactive ketones (excluding diaryl/α,β-unsaturated/α-hetero) is 1. The number of carbonyl (C=O) groups excluding carboxylic acids is 1. The zero-order chi connectivity index (χ0) is 12.5. The van der Waals surface area contributed by atoms with Crippen LogP contribution in [0.1, 0.15) is 48.0 Å². The zero-order valence-corrected chi connectivity index (χ0v) is 11.4. The number of rotatable bonds is 3. The van der Waals surface area contributed by atoms with Crippen molar-refractivity contribution in [2.24, 2.45) is 5.73 Å². The van der Waals surface area contributed by atoms with Gasteiger partial charge in [0, 0.05) is 11.1 Å². The largest absolute Gasteiger partial charge is 0.394 e. The van der Waals surface area contributed by atoms with E-state index in [1.54, 1.807) is 6.92 Å². The van der Waals surface area contributed by atoms with E-state index in [1.807, 2.05) is 24.3 Å². The van der Waals surface area contributed by atoms with Gasteiger partial charge in [-0.3, -0.25) is 4.79 Å². The van der Waals surface area contributed by atoms with Crippen molar-refractivity contribution in [3.05, 3.63) is 35.4 Å². The summed E-state index contributed by atoms with van der Waals surface area (Å²) in [7, 11) is 0. The Morgan fingerprint density at radius 1 is 1.44 bits per heavy atom. The molecule has 1 fully saturated rings. The van der Waals surface area contributed by atoms with Crippen molar-refractivity contribution >= 4 is 18.2 Å². The lowest BCUT2D eigenvalue weighted by atomic mass is 9.93. The highest BCUT2D eigenvalue weighted by atomic mass is 35.5. The van der Waals surface area contributed by atoms with Gasteiger partial charge in [-0.15, -0.1) is 12.4 Å². The van der Waals surface area contributed by atoms with Crippen LogP contribution in [0.4, 0.5) is 0 Å². The van der Waals surface area contributed by atoms with Gasteiger partial charge in [-0.25, -0.2) is 0 Å². The number of nitrogens with two attached hydrogens (primary N) is 1. The number of hydrogen-bond donors (Lipinski definition) is 2. The highest BCUT2D eigenvalue weighted by Gasteiger charge is 2.35. The normalized spacial score (nSPS) is 26.7. The second kappa shape index (κ2) is 5.83. The number of ketones is 1. The van der Waals surface area contributed by atoms with Gasteiger partial charge >= 0.3 is 0 Å². The molecule has 0 radical (unpaired) electrons. The minimum absolute atomic E-state index is 0. The fourth-order valence-corrected chi connectivity index (χ4v) is 2.57. The predicted octanol–water partition coefficient (Wildman–Crippen LogP) is 2.27. The molecule has 1 aliphatic rings. The number of carbonyl (C=O) groups is 1. The number of aliphatic hydroxyl groups excluding tert-OH is 1. The minimum Gasteiger partial charge on any atom is -0.394 e. The van der Waals surface area contributed by atoms with Crippen LogP contribution in [0.2, 0.25) is 0 Å². The zero-order valence-electron chi connectivity index (χ0n) is 10.6. The Hall–Kier alpha value is -0.900. The van der Waals surface area contributed by atoms with E-state index in [1.165, 1.54) is 5.56 Å². The van der Waals surface area contributed by atoms with E-state index in [2.05, 4.69) is 0 Å². The molecule has 3 nitrogen and oxygen atoms in total. The fourth-order valence-electron chi connectivity index (χ4n) is 2.57. The van der Waals surface area contributed by atoms with Crippen LogP contribution in [0.3, 0.4) is 0 Å². The van der Waals surface area contributed by atoms with Crippen LogP contribution in [-0.4, -0.2) is 23.0 Å². The Morgan fingerprint density at radius 2 is 2.06 bits per heavy atom. The molecule has 18 heavy (non-hydrogen) atoms. The molecule has 1 saturated carbocycles. The molecule has 4 heteroatoms. The van der Waals surface area contributed by atoms with Gasteiger partial charge in [0.1, 0.15) is 0 Å². The molecule has 1 aliphatic carbocycles. The maximum atomic E-state index is 11.2.